The van der Waals surface area contributed by atoms with E-state index in [9.17, 15) is 5.11 Å². The lowest BCUT2D eigenvalue weighted by atomic mass is 10.1. The Morgan fingerprint density at radius 2 is 1.60 bits per heavy atom. The predicted octanol–water partition coefficient (Wildman–Crippen LogP) is 0.269. The molecule has 0 amide bonds. The largest absolute Gasteiger partial charge is 0.492 e. The SMILES string of the molecule is Nc1ccc2nc(O)c(N)c(N)c2c1N. The van der Waals surface area contributed by atoms with Crippen molar-refractivity contribution in [2.45, 2.75) is 0 Å². The molecule has 1 aromatic heterocycles. The molecule has 0 spiro atoms. The number of hydrogen-bond donors (Lipinski definition) is 5. The lowest BCUT2D eigenvalue weighted by Crippen LogP contribution is -2.02. The number of hydrogen-bond acceptors (Lipinski definition) is 6. The molecule has 6 heteroatoms. The topological polar surface area (TPSA) is 137 Å². The summed E-state index contributed by atoms with van der Waals surface area (Å²) in [6.45, 7) is 0. The highest BCUT2D eigenvalue weighted by molar-refractivity contribution is 6.07. The Hall–Kier alpha value is -2.37. The zero-order valence-corrected chi connectivity index (χ0v) is 7.86. The van der Waals surface area contributed by atoms with E-state index in [1.54, 1.807) is 12.1 Å². The van der Waals surface area contributed by atoms with Gasteiger partial charge in [-0.3, -0.25) is 0 Å². The molecule has 15 heavy (non-hydrogen) atoms. The van der Waals surface area contributed by atoms with Crippen molar-refractivity contribution in [1.82, 2.24) is 4.98 Å². The van der Waals surface area contributed by atoms with Gasteiger partial charge in [-0.05, 0) is 12.1 Å². The van der Waals surface area contributed by atoms with E-state index in [1.165, 1.54) is 0 Å². The molecule has 78 valence electrons. The first-order valence-electron chi connectivity index (χ1n) is 4.24. The average Bonchev–Trinajstić information content (AvgIpc) is 2.20. The third kappa shape index (κ3) is 1.15. The summed E-state index contributed by atoms with van der Waals surface area (Å²) in [7, 11) is 0. The summed E-state index contributed by atoms with van der Waals surface area (Å²) in [6, 6.07) is 3.22. The first-order chi connectivity index (χ1) is 7.02. The highest BCUT2D eigenvalue weighted by Gasteiger charge is 2.12. The van der Waals surface area contributed by atoms with Gasteiger partial charge >= 0.3 is 0 Å². The lowest BCUT2D eigenvalue weighted by Gasteiger charge is -2.10. The molecular formula is C9H11N5O. The first kappa shape index (κ1) is 9.20. The second-order valence-corrected chi connectivity index (χ2v) is 3.23. The van der Waals surface area contributed by atoms with Crippen LogP contribution in [0.25, 0.3) is 10.9 Å². The fourth-order valence-electron chi connectivity index (χ4n) is 1.43. The van der Waals surface area contributed by atoms with Gasteiger partial charge in [0.1, 0.15) is 5.69 Å². The minimum atomic E-state index is -0.302. The van der Waals surface area contributed by atoms with Crippen LogP contribution in [0.2, 0.25) is 0 Å². The van der Waals surface area contributed by atoms with E-state index in [4.69, 9.17) is 22.9 Å². The number of fused-ring (bicyclic) bond motifs is 1. The molecule has 6 nitrogen and oxygen atoms in total. The zero-order valence-electron chi connectivity index (χ0n) is 7.86. The van der Waals surface area contributed by atoms with Crippen molar-refractivity contribution in [1.29, 1.82) is 0 Å². The van der Waals surface area contributed by atoms with Gasteiger partial charge in [0, 0.05) is 0 Å². The summed E-state index contributed by atoms with van der Waals surface area (Å²) in [5.74, 6) is -0.302. The standard InChI is InChI=1S/C9H11N5O/c10-3-1-2-4-5(6(3)11)7(12)8(13)9(15)14-4/h1-2H,10-11,13H2,(H3,12,14,15). The van der Waals surface area contributed by atoms with E-state index >= 15 is 0 Å². The third-order valence-electron chi connectivity index (χ3n) is 2.28. The quantitative estimate of drug-likeness (QED) is 0.391. The van der Waals surface area contributed by atoms with Gasteiger partial charge in [-0.25, -0.2) is 4.98 Å². The van der Waals surface area contributed by atoms with Crippen molar-refractivity contribution in [3.63, 3.8) is 0 Å². The predicted molar refractivity (Wildman–Crippen MR) is 61.1 cm³/mol. The van der Waals surface area contributed by atoms with Gasteiger partial charge in [-0.2, -0.15) is 0 Å². The molecule has 0 unspecified atom stereocenters. The van der Waals surface area contributed by atoms with E-state index in [0.29, 0.717) is 22.3 Å². The molecule has 0 aliphatic rings. The molecule has 0 fully saturated rings. The molecule has 1 heterocycles. The van der Waals surface area contributed by atoms with Crippen LogP contribution in [0.15, 0.2) is 12.1 Å². The van der Waals surface area contributed by atoms with Crippen LogP contribution in [0.1, 0.15) is 0 Å². The van der Waals surface area contributed by atoms with Crippen LogP contribution in [-0.4, -0.2) is 10.1 Å². The Morgan fingerprint density at radius 3 is 2.27 bits per heavy atom. The minimum absolute atomic E-state index is 0.0137. The van der Waals surface area contributed by atoms with Crippen molar-refractivity contribution in [3.05, 3.63) is 12.1 Å². The van der Waals surface area contributed by atoms with Crippen LogP contribution in [0.4, 0.5) is 22.7 Å². The normalized spacial score (nSPS) is 10.7. The van der Waals surface area contributed by atoms with Crippen LogP contribution in [0.5, 0.6) is 5.88 Å². The number of aromatic hydroxyl groups is 1. The van der Waals surface area contributed by atoms with Crippen molar-refractivity contribution in [2.24, 2.45) is 0 Å². The summed E-state index contributed by atoms with van der Waals surface area (Å²) in [5, 5.41) is 9.85. The number of rotatable bonds is 0. The summed E-state index contributed by atoms with van der Waals surface area (Å²) < 4.78 is 0. The van der Waals surface area contributed by atoms with Gasteiger partial charge in [0.15, 0.2) is 0 Å². The molecule has 9 N–H and O–H groups in total. The second-order valence-electron chi connectivity index (χ2n) is 3.23. The number of anilines is 4. The number of pyridine rings is 1. The van der Waals surface area contributed by atoms with Crippen LogP contribution in [-0.2, 0) is 0 Å². The third-order valence-corrected chi connectivity index (χ3v) is 2.28. The average molecular weight is 205 g/mol. The van der Waals surface area contributed by atoms with E-state index in [2.05, 4.69) is 4.98 Å². The lowest BCUT2D eigenvalue weighted by molar-refractivity contribution is 0.459. The summed E-state index contributed by atoms with van der Waals surface area (Å²) >= 11 is 0. The molecule has 2 aromatic rings. The van der Waals surface area contributed by atoms with E-state index < -0.39 is 0 Å². The van der Waals surface area contributed by atoms with Gasteiger partial charge in [0.25, 0.3) is 0 Å². The molecule has 0 saturated heterocycles. The van der Waals surface area contributed by atoms with Crippen LogP contribution in [0, 0.1) is 0 Å². The maximum atomic E-state index is 9.37. The molecule has 0 aliphatic heterocycles. The molecule has 0 saturated carbocycles. The molecule has 2 rings (SSSR count). The maximum absolute atomic E-state index is 9.37. The summed E-state index contributed by atoms with van der Waals surface area (Å²) in [5.41, 5.74) is 24.0. The summed E-state index contributed by atoms with van der Waals surface area (Å²) in [6.07, 6.45) is 0. The maximum Gasteiger partial charge on any atom is 0.237 e. The van der Waals surface area contributed by atoms with E-state index in [1.807, 2.05) is 0 Å². The Labute approximate surface area is 85.5 Å². The zero-order chi connectivity index (χ0) is 11.2. The fourth-order valence-corrected chi connectivity index (χ4v) is 1.43. The molecule has 0 atom stereocenters. The van der Waals surface area contributed by atoms with Crippen molar-refractivity contribution >= 4 is 33.7 Å². The molecule has 1 aromatic carbocycles. The second kappa shape index (κ2) is 2.81. The number of benzene rings is 1. The number of nitrogens with zero attached hydrogens (tertiary/aromatic N) is 1. The number of aromatic nitrogens is 1. The molecule has 0 bridgehead atoms. The Balaban J connectivity index is 3.00. The van der Waals surface area contributed by atoms with Crippen LogP contribution >= 0.6 is 0 Å². The fraction of sp³-hybridized carbons (Fsp3) is 0. The van der Waals surface area contributed by atoms with Gasteiger partial charge in [-0.1, -0.05) is 0 Å². The Kier molecular flexibility index (Phi) is 1.72. The van der Waals surface area contributed by atoms with Crippen LogP contribution in [0.3, 0.4) is 0 Å². The van der Waals surface area contributed by atoms with Gasteiger partial charge in [0.05, 0.1) is 28.0 Å². The van der Waals surface area contributed by atoms with Crippen molar-refractivity contribution < 1.29 is 5.11 Å². The number of nitrogens with two attached hydrogens (primary N) is 4. The monoisotopic (exact) mass is 205 g/mol. The molecular weight excluding hydrogens is 194 g/mol. The minimum Gasteiger partial charge on any atom is -0.492 e. The Morgan fingerprint density at radius 1 is 0.933 bits per heavy atom. The number of nitrogen functional groups attached to an aromatic ring is 4. The van der Waals surface area contributed by atoms with Gasteiger partial charge in [-0.15, -0.1) is 0 Å². The van der Waals surface area contributed by atoms with Crippen LogP contribution < -0.4 is 22.9 Å². The van der Waals surface area contributed by atoms with E-state index in [-0.39, 0.29) is 17.3 Å². The van der Waals surface area contributed by atoms with Crippen molar-refractivity contribution in [3.8, 4) is 5.88 Å². The van der Waals surface area contributed by atoms with E-state index in [0.717, 1.165) is 0 Å². The molecule has 0 aliphatic carbocycles. The smallest absolute Gasteiger partial charge is 0.237 e. The highest BCUT2D eigenvalue weighted by Crippen LogP contribution is 2.37. The van der Waals surface area contributed by atoms with Gasteiger partial charge in [0.2, 0.25) is 5.88 Å². The molecule has 0 radical (unpaired) electrons. The van der Waals surface area contributed by atoms with Gasteiger partial charge < -0.3 is 28.0 Å². The van der Waals surface area contributed by atoms with Crippen molar-refractivity contribution in [2.75, 3.05) is 22.9 Å². The Bertz CT molecular complexity index is 552. The first-order valence-corrected chi connectivity index (χ1v) is 4.24. The summed E-state index contributed by atoms with van der Waals surface area (Å²) in [4.78, 5) is 3.85. The highest BCUT2D eigenvalue weighted by atomic mass is 16.3.